The lowest BCUT2D eigenvalue weighted by atomic mass is 10.3. The van der Waals surface area contributed by atoms with Gasteiger partial charge in [-0.1, -0.05) is 0 Å². The van der Waals surface area contributed by atoms with Crippen LogP contribution in [0.25, 0.3) is 0 Å². The predicted molar refractivity (Wildman–Crippen MR) is 51.7 cm³/mol. The van der Waals surface area contributed by atoms with Gasteiger partial charge in [0.15, 0.2) is 12.6 Å². The van der Waals surface area contributed by atoms with Crippen LogP contribution in [0.1, 0.15) is 12.8 Å². The van der Waals surface area contributed by atoms with E-state index in [1.807, 2.05) is 0 Å². The summed E-state index contributed by atoms with van der Waals surface area (Å²) in [5.41, 5.74) is 0. The first-order valence-electron chi connectivity index (χ1n) is 4.67. The molecule has 0 radical (unpaired) electrons. The van der Waals surface area contributed by atoms with Crippen molar-refractivity contribution in [1.29, 1.82) is 0 Å². The van der Waals surface area contributed by atoms with Gasteiger partial charge in [0.1, 0.15) is 0 Å². The summed E-state index contributed by atoms with van der Waals surface area (Å²) < 4.78 is 0. The van der Waals surface area contributed by atoms with Crippen LogP contribution in [-0.4, -0.2) is 57.9 Å². The largest absolute Gasteiger partial charge is 0.367 e. The topological polar surface area (TPSA) is 139 Å². The molecular formula is C8H16N2O6. The number of carbonyl (C=O) groups excluding carboxylic acids is 2. The number of hydrogen-bond acceptors (Lipinski definition) is 6. The lowest BCUT2D eigenvalue weighted by Crippen LogP contribution is -2.34. The number of rotatable bonds is 7. The van der Waals surface area contributed by atoms with Crippen molar-refractivity contribution in [2.24, 2.45) is 0 Å². The molecule has 6 N–H and O–H groups in total. The van der Waals surface area contributed by atoms with Crippen LogP contribution in [0.2, 0.25) is 0 Å². The molecule has 0 aliphatic rings. The smallest absolute Gasteiger partial charge is 0.220 e. The lowest BCUT2D eigenvalue weighted by Gasteiger charge is -2.07. The van der Waals surface area contributed by atoms with Gasteiger partial charge in [0.25, 0.3) is 0 Å². The summed E-state index contributed by atoms with van der Waals surface area (Å²) in [6.45, 7) is -0.592. The minimum absolute atomic E-state index is 0.111. The van der Waals surface area contributed by atoms with Gasteiger partial charge >= 0.3 is 0 Å². The highest BCUT2D eigenvalue weighted by Crippen LogP contribution is 1.89. The molecule has 0 saturated heterocycles. The number of aliphatic hydroxyl groups excluding tert-OH is 2. The normalized spacial score (nSPS) is 10.6. The second-order valence-electron chi connectivity index (χ2n) is 3.07. The number of hydrogen-bond donors (Lipinski definition) is 6. The second kappa shape index (κ2) is 7.99. The van der Waals surface area contributed by atoms with Crippen LogP contribution in [0.4, 0.5) is 0 Å². The fourth-order valence-corrected chi connectivity index (χ4v) is 0.814. The minimum atomic E-state index is -1.62. The summed E-state index contributed by atoms with van der Waals surface area (Å²) in [7, 11) is 0. The summed E-state index contributed by atoms with van der Waals surface area (Å²) in [4.78, 5) is 22.0. The molecule has 0 aromatic heterocycles. The van der Waals surface area contributed by atoms with Crippen molar-refractivity contribution in [3.8, 4) is 0 Å². The highest BCUT2D eigenvalue weighted by atomic mass is 16.5. The Morgan fingerprint density at radius 3 is 1.38 bits per heavy atom. The molecule has 8 heteroatoms. The second-order valence-corrected chi connectivity index (χ2v) is 3.07. The van der Waals surface area contributed by atoms with Crippen molar-refractivity contribution < 1.29 is 30.0 Å². The SMILES string of the molecule is O=C(CCC(=O)NCC(O)O)NCC(O)O. The maximum absolute atomic E-state index is 11.0. The zero-order valence-electron chi connectivity index (χ0n) is 8.59. The number of nitrogens with one attached hydrogen (secondary N) is 2. The summed E-state index contributed by atoms with van der Waals surface area (Å²) in [5, 5.41) is 38.1. The zero-order chi connectivity index (χ0) is 12.6. The first-order valence-corrected chi connectivity index (χ1v) is 4.67. The zero-order valence-corrected chi connectivity index (χ0v) is 8.59. The summed E-state index contributed by atoms with van der Waals surface area (Å²) >= 11 is 0. The molecule has 2 amide bonds. The fraction of sp³-hybridized carbons (Fsp3) is 0.750. The van der Waals surface area contributed by atoms with Crippen molar-refractivity contribution in [2.45, 2.75) is 25.4 Å². The van der Waals surface area contributed by atoms with Crippen LogP contribution in [0.5, 0.6) is 0 Å². The molecule has 0 aliphatic heterocycles. The Morgan fingerprint density at radius 2 is 1.12 bits per heavy atom. The van der Waals surface area contributed by atoms with Crippen molar-refractivity contribution in [3.63, 3.8) is 0 Å². The van der Waals surface area contributed by atoms with Crippen molar-refractivity contribution in [3.05, 3.63) is 0 Å². The number of aliphatic hydroxyl groups is 4. The Labute approximate surface area is 91.9 Å². The van der Waals surface area contributed by atoms with E-state index in [4.69, 9.17) is 20.4 Å². The highest BCUT2D eigenvalue weighted by molar-refractivity contribution is 5.83. The lowest BCUT2D eigenvalue weighted by molar-refractivity contribution is -0.128. The van der Waals surface area contributed by atoms with Crippen LogP contribution < -0.4 is 10.6 Å². The molecule has 94 valence electrons. The summed E-state index contributed by atoms with van der Waals surface area (Å²) in [6, 6.07) is 0. The average Bonchev–Trinajstić information content (AvgIpc) is 2.20. The van der Waals surface area contributed by atoms with Crippen LogP contribution in [-0.2, 0) is 9.59 Å². The molecule has 0 atom stereocenters. The predicted octanol–water partition coefficient (Wildman–Crippen LogP) is -3.38. The number of carbonyl (C=O) groups is 2. The van der Waals surface area contributed by atoms with Crippen molar-refractivity contribution in [1.82, 2.24) is 10.6 Å². The average molecular weight is 236 g/mol. The van der Waals surface area contributed by atoms with Crippen LogP contribution >= 0.6 is 0 Å². The monoisotopic (exact) mass is 236 g/mol. The van der Waals surface area contributed by atoms with E-state index in [1.165, 1.54) is 0 Å². The van der Waals surface area contributed by atoms with E-state index in [0.29, 0.717) is 0 Å². The molecule has 0 bridgehead atoms. The van der Waals surface area contributed by atoms with E-state index < -0.39 is 24.4 Å². The molecule has 8 nitrogen and oxygen atoms in total. The van der Waals surface area contributed by atoms with Crippen LogP contribution in [0.3, 0.4) is 0 Å². The highest BCUT2D eigenvalue weighted by Gasteiger charge is 2.08. The maximum Gasteiger partial charge on any atom is 0.220 e. The fourth-order valence-electron chi connectivity index (χ4n) is 0.814. The van der Waals surface area contributed by atoms with E-state index in [-0.39, 0.29) is 25.9 Å². The third-order valence-electron chi connectivity index (χ3n) is 1.54. The molecule has 0 aromatic rings. The minimum Gasteiger partial charge on any atom is -0.367 e. The molecule has 16 heavy (non-hydrogen) atoms. The number of amides is 2. The van der Waals surface area contributed by atoms with Crippen molar-refractivity contribution >= 4 is 11.8 Å². The van der Waals surface area contributed by atoms with Gasteiger partial charge in [-0.25, -0.2) is 0 Å². The third kappa shape index (κ3) is 9.34. The van der Waals surface area contributed by atoms with Gasteiger partial charge < -0.3 is 31.1 Å². The Morgan fingerprint density at radius 1 is 0.812 bits per heavy atom. The molecule has 0 rings (SSSR count). The van der Waals surface area contributed by atoms with Crippen LogP contribution in [0, 0.1) is 0 Å². The molecule has 0 heterocycles. The Bertz CT molecular complexity index is 207. The molecule has 0 aromatic carbocycles. The molecular weight excluding hydrogens is 220 g/mol. The van der Waals surface area contributed by atoms with E-state index in [0.717, 1.165) is 0 Å². The Balaban J connectivity index is 3.55. The Hall–Kier alpha value is -1.22. The molecule has 0 fully saturated rings. The summed E-state index contributed by atoms with van der Waals surface area (Å²) in [5.74, 6) is -0.986. The van der Waals surface area contributed by atoms with Gasteiger partial charge in [-0.3, -0.25) is 9.59 Å². The van der Waals surface area contributed by atoms with Gasteiger partial charge in [-0.2, -0.15) is 0 Å². The van der Waals surface area contributed by atoms with Gasteiger partial charge in [0, 0.05) is 12.8 Å². The first kappa shape index (κ1) is 14.8. The summed E-state index contributed by atoms with van der Waals surface area (Å²) in [6.07, 6.45) is -3.47. The Kier molecular flexibility index (Phi) is 7.38. The first-order chi connectivity index (χ1) is 7.41. The van der Waals surface area contributed by atoms with E-state index in [2.05, 4.69) is 10.6 Å². The van der Waals surface area contributed by atoms with E-state index in [1.54, 1.807) is 0 Å². The molecule has 0 spiro atoms. The van der Waals surface area contributed by atoms with E-state index in [9.17, 15) is 9.59 Å². The maximum atomic E-state index is 11.0. The molecule has 0 saturated carbocycles. The van der Waals surface area contributed by atoms with Gasteiger partial charge in [-0.15, -0.1) is 0 Å². The third-order valence-corrected chi connectivity index (χ3v) is 1.54. The quantitative estimate of drug-likeness (QED) is 0.255. The van der Waals surface area contributed by atoms with Gasteiger partial charge in [-0.05, 0) is 0 Å². The standard InChI is InChI=1S/C8H16N2O6/c11-5(9-3-7(13)14)1-2-6(12)10-4-8(15)16/h7-8,13-16H,1-4H2,(H,9,11)(H,10,12). The molecule has 0 aliphatic carbocycles. The van der Waals surface area contributed by atoms with Gasteiger partial charge in [0.2, 0.25) is 11.8 Å². The van der Waals surface area contributed by atoms with Crippen molar-refractivity contribution in [2.75, 3.05) is 13.1 Å². The van der Waals surface area contributed by atoms with Gasteiger partial charge in [0.05, 0.1) is 13.1 Å². The van der Waals surface area contributed by atoms with E-state index >= 15 is 0 Å². The molecule has 0 unspecified atom stereocenters. The van der Waals surface area contributed by atoms with Crippen LogP contribution in [0.15, 0.2) is 0 Å².